The van der Waals surface area contributed by atoms with Gasteiger partial charge < -0.3 is 75.4 Å². The van der Waals surface area contributed by atoms with Crippen LogP contribution in [-0.2, 0) is 9.47 Å². The van der Waals surface area contributed by atoms with Crippen molar-refractivity contribution in [3.8, 4) is 28.7 Å². The number of aromatic carboxylic acids is 1. The van der Waals surface area contributed by atoms with Gasteiger partial charge in [-0.25, -0.2) is 14.6 Å². The number of benzene rings is 2. The number of aromatic hydroxyl groups is 1. The van der Waals surface area contributed by atoms with Gasteiger partial charge in [-0.15, -0.1) is 0 Å². The fraction of sp³-hybridized carbons (Fsp3) is 0.500. The Balaban J connectivity index is 1.82. The van der Waals surface area contributed by atoms with Crippen molar-refractivity contribution in [1.82, 2.24) is 5.32 Å². The van der Waals surface area contributed by atoms with Crippen molar-refractivity contribution in [2.24, 2.45) is 10.7 Å². The maximum absolute atomic E-state index is 12.8. The summed E-state index contributed by atoms with van der Waals surface area (Å²) in [5.74, 6) is -2.90. The predicted octanol–water partition coefficient (Wildman–Crippen LogP) is -0.404. The molecule has 5 atom stereocenters. The van der Waals surface area contributed by atoms with E-state index in [1.54, 1.807) is 6.92 Å². The lowest BCUT2D eigenvalue weighted by Gasteiger charge is -2.40. The Kier molecular flexibility index (Phi) is 14.1. The van der Waals surface area contributed by atoms with Gasteiger partial charge in [0.05, 0.1) is 31.0 Å². The van der Waals surface area contributed by atoms with E-state index in [0.717, 1.165) is 6.07 Å². The van der Waals surface area contributed by atoms with E-state index in [4.69, 9.17) is 39.3 Å². The van der Waals surface area contributed by atoms with Crippen molar-refractivity contribution >= 4 is 23.6 Å². The first kappa shape index (κ1) is 37.7. The molecule has 0 amide bonds. The lowest BCUT2D eigenvalue weighted by atomic mass is 9.99. The van der Waals surface area contributed by atoms with E-state index in [9.17, 15) is 35.1 Å². The zero-order valence-corrected chi connectivity index (χ0v) is 26.6. The molecule has 0 saturated carbocycles. The maximum Gasteiger partial charge on any atom is 0.338 e. The molecule has 48 heavy (non-hydrogen) atoms. The number of carbonyl (C=O) groups is 2. The van der Waals surface area contributed by atoms with Gasteiger partial charge in [-0.2, -0.15) is 0 Å². The Morgan fingerprint density at radius 2 is 1.67 bits per heavy atom. The molecule has 1 saturated heterocycles. The Hall–Kier alpha value is -4.75. The van der Waals surface area contributed by atoms with Crippen molar-refractivity contribution < 1.29 is 68.6 Å². The zero-order chi connectivity index (χ0) is 35.4. The van der Waals surface area contributed by atoms with Crippen molar-refractivity contribution in [2.45, 2.75) is 50.5 Å². The molecule has 0 aromatic heterocycles. The third-order valence-corrected chi connectivity index (χ3v) is 7.03. The molecule has 0 aliphatic carbocycles. The molecule has 0 spiro atoms. The number of aliphatic hydroxyl groups is 4. The van der Waals surface area contributed by atoms with E-state index in [0.29, 0.717) is 25.9 Å². The molecule has 2 aromatic carbocycles. The number of esters is 1. The fourth-order valence-electron chi connectivity index (χ4n) is 4.49. The zero-order valence-electron chi connectivity index (χ0n) is 26.6. The molecule has 18 heteroatoms. The molecule has 18 nitrogen and oxygen atoms in total. The van der Waals surface area contributed by atoms with Crippen LogP contribution in [0.25, 0.3) is 0 Å². The summed E-state index contributed by atoms with van der Waals surface area (Å²) in [5, 5.41) is 66.5. The van der Waals surface area contributed by atoms with E-state index in [1.807, 2.05) is 0 Å². The van der Waals surface area contributed by atoms with Crippen molar-refractivity contribution in [1.29, 1.82) is 0 Å². The smallest absolute Gasteiger partial charge is 0.338 e. The van der Waals surface area contributed by atoms with Gasteiger partial charge in [-0.05, 0) is 31.9 Å². The van der Waals surface area contributed by atoms with Crippen molar-refractivity contribution in [3.05, 3.63) is 35.4 Å². The molecule has 3 rings (SSSR count). The Morgan fingerprint density at radius 1 is 0.979 bits per heavy atom. The van der Waals surface area contributed by atoms with Crippen LogP contribution in [0.3, 0.4) is 0 Å². The fourth-order valence-corrected chi connectivity index (χ4v) is 4.49. The summed E-state index contributed by atoms with van der Waals surface area (Å²) in [5.41, 5.74) is 5.72. The van der Waals surface area contributed by atoms with Crippen LogP contribution in [0, 0.1) is 0 Å². The van der Waals surface area contributed by atoms with E-state index in [1.165, 1.54) is 32.4 Å². The van der Waals surface area contributed by atoms with Gasteiger partial charge in [-0.3, -0.25) is 0 Å². The van der Waals surface area contributed by atoms with Crippen LogP contribution in [0.15, 0.2) is 29.3 Å². The number of nitrogens with one attached hydrogen (secondary N) is 2. The van der Waals surface area contributed by atoms with Crippen LogP contribution in [0.2, 0.25) is 0 Å². The number of methoxy groups -OCH3 is 2. The number of anilines is 1. The van der Waals surface area contributed by atoms with Crippen LogP contribution < -0.4 is 35.3 Å². The summed E-state index contributed by atoms with van der Waals surface area (Å²) < 4.78 is 32.6. The summed E-state index contributed by atoms with van der Waals surface area (Å²) in [6, 6.07) is 4.86. The molecule has 1 fully saturated rings. The Labute approximate surface area is 275 Å². The highest BCUT2D eigenvalue weighted by atomic mass is 16.7. The van der Waals surface area contributed by atoms with Gasteiger partial charge in [0, 0.05) is 31.8 Å². The standard InChI is InChI=1S/C30H42N4O14/c1-4-32-17-12-19(18(11-16(17)27(40)41)46-14-34-30(31)33-7-5-6-8-35)47-29-26(39)25(38)24(37)22(48-29)13-45-28(42)15-9-20(43-2)23(36)21(10-15)44-3/h9-12,22,24-26,29,32,35-39H,4-8,13-14H2,1-3H3,(H,40,41)(H3,31,33,34). The molecule has 0 radical (unpaired) electrons. The van der Waals surface area contributed by atoms with Gasteiger partial charge in [0.1, 0.15) is 31.0 Å². The van der Waals surface area contributed by atoms with E-state index >= 15 is 0 Å². The summed E-state index contributed by atoms with van der Waals surface area (Å²) in [6.45, 7) is 1.56. The molecule has 1 aliphatic heterocycles. The minimum atomic E-state index is -1.82. The van der Waals surface area contributed by atoms with Crippen LogP contribution >= 0.6 is 0 Å². The predicted molar refractivity (Wildman–Crippen MR) is 168 cm³/mol. The first-order valence-electron chi connectivity index (χ1n) is 14.9. The molecule has 1 heterocycles. The Bertz CT molecular complexity index is 1400. The number of phenolic OH excluding ortho intramolecular Hbond substituents is 1. The number of unbranched alkanes of at least 4 members (excludes halogenated alkanes) is 1. The number of carboxylic acids is 1. The molecule has 266 valence electrons. The average molecular weight is 683 g/mol. The van der Waals surface area contributed by atoms with Gasteiger partial charge in [0.15, 0.2) is 35.7 Å². The third-order valence-electron chi connectivity index (χ3n) is 7.03. The molecular weight excluding hydrogens is 640 g/mol. The van der Waals surface area contributed by atoms with E-state index in [-0.39, 0.29) is 64.9 Å². The molecule has 5 unspecified atom stereocenters. The lowest BCUT2D eigenvalue weighted by Crippen LogP contribution is -2.60. The number of rotatable bonds is 17. The number of hydrogen-bond donors (Lipinski definition) is 9. The topological polar surface area (TPSA) is 273 Å². The number of nitrogens with zero attached hydrogens (tertiary/aromatic N) is 1. The number of guanidine groups is 1. The second-order valence-electron chi connectivity index (χ2n) is 10.3. The largest absolute Gasteiger partial charge is 0.502 e. The highest BCUT2D eigenvalue weighted by Crippen LogP contribution is 2.38. The number of carboxylic acid groups (broad SMARTS) is 1. The minimum Gasteiger partial charge on any atom is -0.502 e. The number of carbonyl (C=O) groups excluding carboxylic acids is 1. The molecular formula is C30H42N4O14. The monoisotopic (exact) mass is 682 g/mol. The van der Waals surface area contributed by atoms with Gasteiger partial charge >= 0.3 is 11.9 Å². The van der Waals surface area contributed by atoms with Crippen LogP contribution in [0.5, 0.6) is 28.7 Å². The number of aliphatic imine (C=N–C) groups is 1. The van der Waals surface area contributed by atoms with Crippen molar-refractivity contribution in [2.75, 3.05) is 52.6 Å². The van der Waals surface area contributed by atoms with Crippen LogP contribution in [0.4, 0.5) is 5.69 Å². The SMILES string of the molecule is CCNc1cc(OC2OC(COC(=O)c3cc(OC)c(O)c(OC)c3)C(O)C(O)C2O)c(OCN=C(N)NCCCCO)cc1C(=O)O. The summed E-state index contributed by atoms with van der Waals surface area (Å²) >= 11 is 0. The number of nitrogens with two attached hydrogens (primary N) is 1. The summed E-state index contributed by atoms with van der Waals surface area (Å²) in [6.07, 6.45) is -7.22. The Morgan fingerprint density at radius 3 is 2.27 bits per heavy atom. The summed E-state index contributed by atoms with van der Waals surface area (Å²) in [7, 11) is 2.55. The molecule has 2 aromatic rings. The average Bonchev–Trinajstić information content (AvgIpc) is 3.07. The molecule has 0 bridgehead atoms. The quantitative estimate of drug-likeness (QED) is 0.0444. The van der Waals surface area contributed by atoms with E-state index < -0.39 is 49.3 Å². The number of hydrogen-bond acceptors (Lipinski definition) is 15. The second kappa shape index (κ2) is 18.0. The highest BCUT2D eigenvalue weighted by molar-refractivity contribution is 5.95. The third kappa shape index (κ3) is 9.64. The maximum atomic E-state index is 12.8. The normalized spacial score (nSPS) is 20.8. The molecule has 10 N–H and O–H groups in total. The van der Waals surface area contributed by atoms with Gasteiger partial charge in [0.2, 0.25) is 12.0 Å². The first-order valence-corrected chi connectivity index (χ1v) is 14.9. The number of phenols is 1. The summed E-state index contributed by atoms with van der Waals surface area (Å²) in [4.78, 5) is 28.8. The minimum absolute atomic E-state index is 0.0304. The lowest BCUT2D eigenvalue weighted by molar-refractivity contribution is -0.277. The highest BCUT2D eigenvalue weighted by Gasteiger charge is 2.46. The van der Waals surface area contributed by atoms with Crippen molar-refractivity contribution in [3.63, 3.8) is 0 Å². The second-order valence-corrected chi connectivity index (χ2v) is 10.3. The number of ether oxygens (including phenoxy) is 6. The van der Waals surface area contributed by atoms with Gasteiger partial charge in [-0.1, -0.05) is 0 Å². The number of aliphatic hydroxyl groups excluding tert-OH is 4. The van der Waals surface area contributed by atoms with Crippen LogP contribution in [-0.4, -0.2) is 126 Å². The molecule has 1 aliphatic rings. The van der Waals surface area contributed by atoms with Crippen LogP contribution in [0.1, 0.15) is 40.5 Å². The van der Waals surface area contributed by atoms with E-state index in [2.05, 4.69) is 15.6 Å². The van der Waals surface area contributed by atoms with Gasteiger partial charge in [0.25, 0.3) is 0 Å². The first-order chi connectivity index (χ1) is 22.9.